The second-order valence-electron chi connectivity index (χ2n) is 4.11. The lowest BCUT2D eigenvalue weighted by molar-refractivity contribution is -0.145. The molecule has 5 nitrogen and oxygen atoms in total. The van der Waals surface area contributed by atoms with E-state index in [9.17, 15) is 9.59 Å². The molecule has 20 heavy (non-hydrogen) atoms. The van der Waals surface area contributed by atoms with Gasteiger partial charge in [0.1, 0.15) is 12.6 Å². The van der Waals surface area contributed by atoms with Crippen LogP contribution in [0.1, 0.15) is 12.5 Å². The molecule has 0 radical (unpaired) electrons. The molecule has 1 N–H and O–H groups in total. The third-order valence-corrected chi connectivity index (χ3v) is 3.08. The molecule has 0 spiro atoms. The van der Waals surface area contributed by atoms with Crippen molar-refractivity contribution in [3.05, 3.63) is 34.3 Å². The van der Waals surface area contributed by atoms with Gasteiger partial charge in [0.15, 0.2) is 0 Å². The van der Waals surface area contributed by atoms with Gasteiger partial charge in [0.25, 0.3) is 0 Å². The summed E-state index contributed by atoms with van der Waals surface area (Å²) in [5.41, 5.74) is 0.923. The molecule has 0 unspecified atom stereocenters. The highest BCUT2D eigenvalue weighted by Crippen LogP contribution is 2.13. The number of hydrogen-bond donors (Lipinski definition) is 1. The predicted molar refractivity (Wildman–Crippen MR) is 78.3 cm³/mol. The number of carbonyl (C=O) groups excluding carboxylic acids is 2. The van der Waals surface area contributed by atoms with Crippen LogP contribution in [0.5, 0.6) is 0 Å². The number of amides is 1. The van der Waals surface area contributed by atoms with E-state index in [1.807, 2.05) is 24.3 Å². The van der Waals surface area contributed by atoms with Gasteiger partial charge in [0.2, 0.25) is 5.91 Å². The molecular formula is C14H18BrNO4. The zero-order valence-electron chi connectivity index (χ0n) is 11.5. The number of nitrogens with one attached hydrogen (secondary N) is 1. The summed E-state index contributed by atoms with van der Waals surface area (Å²) in [6.45, 7) is 2.18. The van der Waals surface area contributed by atoms with Crippen molar-refractivity contribution in [2.24, 2.45) is 0 Å². The van der Waals surface area contributed by atoms with Crippen LogP contribution in [0.2, 0.25) is 0 Å². The molecule has 0 aliphatic heterocycles. The summed E-state index contributed by atoms with van der Waals surface area (Å²) in [5.74, 6) is -0.813. The van der Waals surface area contributed by atoms with E-state index in [0.29, 0.717) is 13.0 Å². The normalized spacial score (nSPS) is 11.8. The van der Waals surface area contributed by atoms with Crippen LogP contribution in [0, 0.1) is 0 Å². The molecule has 1 rings (SSSR count). The van der Waals surface area contributed by atoms with Crippen molar-refractivity contribution in [2.45, 2.75) is 19.4 Å². The van der Waals surface area contributed by atoms with Gasteiger partial charge in [0, 0.05) is 17.5 Å². The minimum Gasteiger partial charge on any atom is -0.467 e. The van der Waals surface area contributed by atoms with E-state index in [2.05, 4.69) is 21.2 Å². The van der Waals surface area contributed by atoms with Crippen molar-refractivity contribution in [1.82, 2.24) is 5.32 Å². The first-order chi connectivity index (χ1) is 9.56. The van der Waals surface area contributed by atoms with Crippen molar-refractivity contribution in [3.8, 4) is 0 Å². The molecule has 0 heterocycles. The van der Waals surface area contributed by atoms with Gasteiger partial charge >= 0.3 is 5.97 Å². The Kier molecular flexibility index (Phi) is 7.25. The van der Waals surface area contributed by atoms with Crippen LogP contribution < -0.4 is 5.32 Å². The Morgan fingerprint density at radius 2 is 2.15 bits per heavy atom. The maximum absolute atomic E-state index is 11.7. The highest BCUT2D eigenvalue weighted by Gasteiger charge is 2.21. The molecule has 0 saturated carbocycles. The van der Waals surface area contributed by atoms with Crippen LogP contribution in [0.3, 0.4) is 0 Å². The SMILES string of the molecule is CCOCC(=O)N[C@@H](Cc1cccc(Br)c1)C(=O)OC. The van der Waals surface area contributed by atoms with Crippen LogP contribution in [0.4, 0.5) is 0 Å². The number of esters is 1. The summed E-state index contributed by atoms with van der Waals surface area (Å²) in [6.07, 6.45) is 0.365. The first kappa shape index (κ1) is 16.7. The Labute approximate surface area is 126 Å². The number of carbonyl (C=O) groups is 2. The van der Waals surface area contributed by atoms with Gasteiger partial charge in [-0.3, -0.25) is 4.79 Å². The molecule has 0 saturated heterocycles. The van der Waals surface area contributed by atoms with E-state index in [1.165, 1.54) is 7.11 Å². The van der Waals surface area contributed by atoms with Crippen molar-refractivity contribution in [3.63, 3.8) is 0 Å². The Hall–Kier alpha value is -1.40. The van der Waals surface area contributed by atoms with Crippen LogP contribution >= 0.6 is 15.9 Å². The monoisotopic (exact) mass is 343 g/mol. The molecule has 1 atom stereocenters. The number of benzene rings is 1. The number of ether oxygens (including phenoxy) is 2. The molecule has 0 aliphatic rings. The highest BCUT2D eigenvalue weighted by atomic mass is 79.9. The molecule has 0 aliphatic carbocycles. The van der Waals surface area contributed by atoms with Gasteiger partial charge < -0.3 is 14.8 Å². The van der Waals surface area contributed by atoms with Gasteiger partial charge in [0.05, 0.1) is 7.11 Å². The molecule has 110 valence electrons. The minimum atomic E-state index is -0.720. The lowest BCUT2D eigenvalue weighted by Gasteiger charge is -2.16. The van der Waals surface area contributed by atoms with E-state index >= 15 is 0 Å². The Morgan fingerprint density at radius 1 is 1.40 bits per heavy atom. The van der Waals surface area contributed by atoms with Crippen LogP contribution in [0.25, 0.3) is 0 Å². The van der Waals surface area contributed by atoms with Gasteiger partial charge in [-0.1, -0.05) is 28.1 Å². The largest absolute Gasteiger partial charge is 0.467 e. The van der Waals surface area contributed by atoms with Gasteiger partial charge in [-0.2, -0.15) is 0 Å². The number of hydrogen-bond acceptors (Lipinski definition) is 4. The van der Waals surface area contributed by atoms with Crippen LogP contribution in [-0.4, -0.2) is 38.2 Å². The zero-order chi connectivity index (χ0) is 15.0. The van der Waals surface area contributed by atoms with Crippen molar-refractivity contribution in [1.29, 1.82) is 0 Å². The summed E-state index contributed by atoms with van der Waals surface area (Å²) < 4.78 is 10.6. The molecule has 1 aromatic carbocycles. The van der Waals surface area contributed by atoms with Gasteiger partial charge in [-0.05, 0) is 24.6 Å². The molecule has 1 amide bonds. The first-order valence-corrected chi connectivity index (χ1v) is 7.05. The second-order valence-corrected chi connectivity index (χ2v) is 5.03. The van der Waals surface area contributed by atoms with Crippen molar-refractivity contribution < 1.29 is 19.1 Å². The maximum Gasteiger partial charge on any atom is 0.328 e. The van der Waals surface area contributed by atoms with Crippen molar-refractivity contribution >= 4 is 27.8 Å². The predicted octanol–water partition coefficient (Wildman–Crippen LogP) is 1.69. The quantitative estimate of drug-likeness (QED) is 0.765. The van der Waals surface area contributed by atoms with E-state index in [1.54, 1.807) is 6.92 Å². The fraction of sp³-hybridized carbons (Fsp3) is 0.429. The third kappa shape index (κ3) is 5.71. The molecule has 0 fully saturated rings. The molecule has 6 heteroatoms. The smallest absolute Gasteiger partial charge is 0.328 e. The standard InChI is InChI=1S/C14H18BrNO4/c1-3-20-9-13(17)16-12(14(18)19-2)8-10-5-4-6-11(15)7-10/h4-7,12H,3,8-9H2,1-2H3,(H,16,17)/t12-/m0/s1. The summed E-state index contributed by atoms with van der Waals surface area (Å²) in [4.78, 5) is 23.4. The van der Waals surface area contributed by atoms with E-state index in [4.69, 9.17) is 9.47 Å². The molecule has 1 aromatic rings. The highest BCUT2D eigenvalue weighted by molar-refractivity contribution is 9.10. The summed E-state index contributed by atoms with van der Waals surface area (Å²) >= 11 is 3.37. The van der Waals surface area contributed by atoms with Crippen LogP contribution in [-0.2, 0) is 25.5 Å². The fourth-order valence-electron chi connectivity index (χ4n) is 1.67. The zero-order valence-corrected chi connectivity index (χ0v) is 13.1. The Balaban J connectivity index is 2.69. The molecule has 0 bridgehead atoms. The minimum absolute atomic E-state index is 0.0670. The van der Waals surface area contributed by atoms with E-state index in [-0.39, 0.29) is 12.5 Å². The lowest BCUT2D eigenvalue weighted by Crippen LogP contribution is -2.44. The number of halogens is 1. The van der Waals surface area contributed by atoms with Crippen molar-refractivity contribution in [2.75, 3.05) is 20.3 Å². The second kappa shape index (κ2) is 8.71. The summed E-state index contributed by atoms with van der Waals surface area (Å²) in [6, 6.07) is 6.82. The first-order valence-electron chi connectivity index (χ1n) is 6.26. The van der Waals surface area contributed by atoms with Gasteiger partial charge in [-0.15, -0.1) is 0 Å². The molecular weight excluding hydrogens is 326 g/mol. The Morgan fingerprint density at radius 3 is 2.75 bits per heavy atom. The lowest BCUT2D eigenvalue weighted by atomic mass is 10.1. The average molecular weight is 344 g/mol. The summed E-state index contributed by atoms with van der Waals surface area (Å²) in [5, 5.41) is 2.62. The third-order valence-electron chi connectivity index (χ3n) is 2.59. The fourth-order valence-corrected chi connectivity index (χ4v) is 2.11. The van der Waals surface area contributed by atoms with Gasteiger partial charge in [-0.25, -0.2) is 4.79 Å². The topological polar surface area (TPSA) is 64.6 Å². The summed E-state index contributed by atoms with van der Waals surface area (Å²) in [7, 11) is 1.30. The van der Waals surface area contributed by atoms with E-state index < -0.39 is 12.0 Å². The molecule has 0 aromatic heterocycles. The Bertz CT molecular complexity index is 464. The van der Waals surface area contributed by atoms with Crippen LogP contribution in [0.15, 0.2) is 28.7 Å². The van der Waals surface area contributed by atoms with E-state index in [0.717, 1.165) is 10.0 Å². The maximum atomic E-state index is 11.7. The number of rotatable bonds is 7. The number of methoxy groups -OCH3 is 1. The average Bonchev–Trinajstić information content (AvgIpc) is 2.43.